The fourth-order valence-corrected chi connectivity index (χ4v) is 3.58. The van der Waals surface area contributed by atoms with E-state index in [0.717, 1.165) is 18.5 Å². The summed E-state index contributed by atoms with van der Waals surface area (Å²) in [6.45, 7) is 6.79. The van der Waals surface area contributed by atoms with Gasteiger partial charge >= 0.3 is 5.97 Å². The van der Waals surface area contributed by atoms with Gasteiger partial charge in [0.05, 0.1) is 4.47 Å². The fourth-order valence-electron chi connectivity index (χ4n) is 3.20. The number of carbonyl (C=O) groups is 2. The molecule has 1 aliphatic rings. The number of fused-ring (bicyclic) bond motifs is 1. The number of carbonyl (C=O) groups excluding carboxylic acids is 2. The molecule has 0 bridgehead atoms. The Bertz CT molecular complexity index is 922. The predicted molar refractivity (Wildman–Crippen MR) is 112 cm³/mol. The summed E-state index contributed by atoms with van der Waals surface area (Å²) in [5, 5.41) is 2.70. The molecule has 1 aromatic heterocycles. The molecule has 0 saturated heterocycles. The molecule has 7 heteroatoms. The molecule has 0 saturated carbocycles. The maximum Gasteiger partial charge on any atom is 0.358 e. The number of amides is 1. The molecule has 28 heavy (non-hydrogen) atoms. The number of hydrogen-bond acceptors (Lipinski definition) is 5. The Morgan fingerprint density at radius 3 is 2.64 bits per heavy atom. The fraction of sp³-hybridized carbons (Fsp3) is 0.381. The predicted octanol–water partition coefficient (Wildman–Crippen LogP) is 3.72. The van der Waals surface area contributed by atoms with Crippen molar-refractivity contribution in [1.82, 2.24) is 10.3 Å². The van der Waals surface area contributed by atoms with Gasteiger partial charge in [-0.2, -0.15) is 0 Å². The monoisotopic (exact) mass is 445 g/mol. The highest BCUT2D eigenvalue weighted by molar-refractivity contribution is 9.10. The highest BCUT2D eigenvalue weighted by Gasteiger charge is 2.25. The molecule has 148 valence electrons. The first-order chi connectivity index (χ1) is 13.2. The molecule has 1 aromatic carbocycles. The highest BCUT2D eigenvalue weighted by Crippen LogP contribution is 2.28. The van der Waals surface area contributed by atoms with Gasteiger partial charge in [-0.1, -0.05) is 12.1 Å². The van der Waals surface area contributed by atoms with Crippen molar-refractivity contribution in [3.05, 3.63) is 57.2 Å². The molecule has 0 radical (unpaired) electrons. The van der Waals surface area contributed by atoms with Crippen molar-refractivity contribution in [2.24, 2.45) is 0 Å². The number of benzene rings is 1. The van der Waals surface area contributed by atoms with Crippen LogP contribution in [0.5, 0.6) is 0 Å². The van der Waals surface area contributed by atoms with Crippen LogP contribution in [0.25, 0.3) is 0 Å². The van der Waals surface area contributed by atoms with Gasteiger partial charge in [-0.3, -0.25) is 4.79 Å². The van der Waals surface area contributed by atoms with Gasteiger partial charge in [0.25, 0.3) is 5.91 Å². The average molecular weight is 446 g/mol. The van der Waals surface area contributed by atoms with Gasteiger partial charge < -0.3 is 15.0 Å². The lowest BCUT2D eigenvalue weighted by Crippen LogP contribution is -2.34. The number of anilines is 1. The Labute approximate surface area is 173 Å². The summed E-state index contributed by atoms with van der Waals surface area (Å²) in [4.78, 5) is 31.4. The Morgan fingerprint density at radius 2 is 1.96 bits per heavy atom. The second-order valence-electron chi connectivity index (χ2n) is 7.70. The second kappa shape index (κ2) is 7.91. The van der Waals surface area contributed by atoms with E-state index < -0.39 is 11.6 Å². The van der Waals surface area contributed by atoms with Gasteiger partial charge in [-0.05, 0) is 72.4 Å². The van der Waals surface area contributed by atoms with Crippen LogP contribution in [0.4, 0.5) is 5.82 Å². The van der Waals surface area contributed by atoms with Crippen LogP contribution in [0, 0.1) is 0 Å². The van der Waals surface area contributed by atoms with E-state index in [1.54, 1.807) is 7.05 Å². The van der Waals surface area contributed by atoms with Crippen LogP contribution < -0.4 is 10.2 Å². The van der Waals surface area contributed by atoms with Crippen molar-refractivity contribution < 1.29 is 14.3 Å². The summed E-state index contributed by atoms with van der Waals surface area (Å²) in [5.41, 5.74) is 2.49. The van der Waals surface area contributed by atoms with Crippen LogP contribution >= 0.6 is 15.9 Å². The van der Waals surface area contributed by atoms with Crippen LogP contribution in [-0.4, -0.2) is 36.1 Å². The maximum atomic E-state index is 12.5. The zero-order chi connectivity index (χ0) is 20.5. The SMILES string of the molecule is CNC(=O)c1cccc2c1CN(c1ccc(Br)c(C(=O)OC(C)(C)C)n1)CC2. The van der Waals surface area contributed by atoms with Crippen molar-refractivity contribution in [3.63, 3.8) is 0 Å². The Morgan fingerprint density at radius 1 is 1.21 bits per heavy atom. The molecule has 1 aliphatic heterocycles. The van der Waals surface area contributed by atoms with Crippen molar-refractivity contribution in [2.75, 3.05) is 18.5 Å². The number of ether oxygens (including phenoxy) is 1. The largest absolute Gasteiger partial charge is 0.455 e. The van der Waals surface area contributed by atoms with Gasteiger partial charge in [0.2, 0.25) is 0 Å². The third-order valence-corrected chi connectivity index (χ3v) is 5.13. The molecule has 1 amide bonds. The van der Waals surface area contributed by atoms with E-state index in [4.69, 9.17) is 4.74 Å². The van der Waals surface area contributed by atoms with Crippen LogP contribution in [0.1, 0.15) is 52.7 Å². The molecular formula is C21H24BrN3O3. The minimum atomic E-state index is -0.597. The topological polar surface area (TPSA) is 71.5 Å². The van der Waals surface area contributed by atoms with E-state index in [2.05, 4.69) is 37.2 Å². The van der Waals surface area contributed by atoms with Crippen LogP contribution in [0.2, 0.25) is 0 Å². The molecule has 1 N–H and O–H groups in total. The molecule has 2 aromatic rings. The zero-order valence-corrected chi connectivity index (χ0v) is 18.1. The summed E-state index contributed by atoms with van der Waals surface area (Å²) >= 11 is 3.39. The molecule has 0 spiro atoms. The number of nitrogens with zero attached hydrogens (tertiary/aromatic N) is 2. The van der Waals surface area contributed by atoms with Gasteiger partial charge in [0.1, 0.15) is 11.4 Å². The average Bonchev–Trinajstić information content (AvgIpc) is 2.65. The summed E-state index contributed by atoms with van der Waals surface area (Å²) in [6, 6.07) is 9.48. The van der Waals surface area contributed by atoms with Gasteiger partial charge in [0.15, 0.2) is 5.69 Å². The normalized spacial score (nSPS) is 13.7. The van der Waals surface area contributed by atoms with Gasteiger partial charge in [-0.25, -0.2) is 9.78 Å². The first-order valence-electron chi connectivity index (χ1n) is 9.17. The van der Waals surface area contributed by atoms with Crippen molar-refractivity contribution in [1.29, 1.82) is 0 Å². The lowest BCUT2D eigenvalue weighted by Gasteiger charge is -2.31. The number of pyridine rings is 1. The first kappa shape index (κ1) is 20.3. The maximum absolute atomic E-state index is 12.5. The summed E-state index contributed by atoms with van der Waals surface area (Å²) in [6.07, 6.45) is 0.805. The summed E-state index contributed by atoms with van der Waals surface area (Å²) in [7, 11) is 1.63. The lowest BCUT2D eigenvalue weighted by atomic mass is 9.94. The van der Waals surface area contributed by atoms with Gasteiger partial charge in [-0.15, -0.1) is 0 Å². The molecule has 0 unspecified atom stereocenters. The Hall–Kier alpha value is -2.41. The van der Waals surface area contributed by atoms with E-state index in [-0.39, 0.29) is 11.6 Å². The van der Waals surface area contributed by atoms with E-state index in [9.17, 15) is 9.59 Å². The third-order valence-electron chi connectivity index (χ3n) is 4.49. The van der Waals surface area contributed by atoms with E-state index in [0.29, 0.717) is 22.4 Å². The highest BCUT2D eigenvalue weighted by atomic mass is 79.9. The smallest absolute Gasteiger partial charge is 0.358 e. The number of hydrogen-bond donors (Lipinski definition) is 1. The molecular weight excluding hydrogens is 422 g/mol. The van der Waals surface area contributed by atoms with Crippen molar-refractivity contribution in [2.45, 2.75) is 39.3 Å². The van der Waals surface area contributed by atoms with Crippen molar-refractivity contribution >= 4 is 33.6 Å². The van der Waals surface area contributed by atoms with E-state index in [1.807, 2.05) is 45.0 Å². The van der Waals surface area contributed by atoms with Crippen LogP contribution in [0.3, 0.4) is 0 Å². The lowest BCUT2D eigenvalue weighted by molar-refractivity contribution is 0.00617. The molecule has 0 atom stereocenters. The van der Waals surface area contributed by atoms with Crippen LogP contribution in [-0.2, 0) is 17.7 Å². The summed E-state index contributed by atoms with van der Waals surface area (Å²) in [5.74, 6) is 0.114. The van der Waals surface area contributed by atoms with E-state index >= 15 is 0 Å². The Kier molecular flexibility index (Phi) is 5.74. The molecule has 2 heterocycles. The quantitative estimate of drug-likeness (QED) is 0.728. The number of esters is 1. The minimum Gasteiger partial charge on any atom is -0.455 e. The number of halogens is 1. The zero-order valence-electron chi connectivity index (χ0n) is 16.5. The van der Waals surface area contributed by atoms with Gasteiger partial charge in [0, 0.05) is 25.7 Å². The third kappa shape index (κ3) is 4.35. The van der Waals surface area contributed by atoms with Crippen LogP contribution in [0.15, 0.2) is 34.8 Å². The minimum absolute atomic E-state index is 0.100. The number of nitrogens with one attached hydrogen (secondary N) is 1. The summed E-state index contributed by atoms with van der Waals surface area (Å²) < 4.78 is 6.06. The molecule has 0 fully saturated rings. The second-order valence-corrected chi connectivity index (χ2v) is 8.55. The first-order valence-corrected chi connectivity index (χ1v) is 9.96. The number of aromatic nitrogens is 1. The molecule has 0 aliphatic carbocycles. The number of rotatable bonds is 3. The Balaban J connectivity index is 1.91. The standard InChI is InChI=1S/C21H24BrN3O3/c1-21(2,3)28-20(27)18-16(22)8-9-17(24-18)25-11-10-13-6-5-7-14(15(13)12-25)19(26)23-4/h5-9H,10-12H2,1-4H3,(H,23,26). The van der Waals surface area contributed by atoms with Crippen molar-refractivity contribution in [3.8, 4) is 0 Å². The van der Waals surface area contributed by atoms with E-state index in [1.165, 1.54) is 5.56 Å². The molecule has 6 nitrogen and oxygen atoms in total. The molecule has 3 rings (SSSR count).